The average Bonchev–Trinajstić information content (AvgIpc) is 3.24. The number of hydrogen-bond acceptors (Lipinski definition) is 2. The molecular weight excluding hydrogens is 272 g/mol. The van der Waals surface area contributed by atoms with Crippen molar-refractivity contribution in [1.82, 2.24) is 10.6 Å². The van der Waals surface area contributed by atoms with Crippen molar-refractivity contribution in [2.24, 2.45) is 5.92 Å². The van der Waals surface area contributed by atoms with Gasteiger partial charge in [-0.2, -0.15) is 0 Å². The number of carbonyl (C=O) groups excluding carboxylic acids is 1. The van der Waals surface area contributed by atoms with Gasteiger partial charge in [0.25, 0.3) is 0 Å². The molecule has 1 heterocycles. The summed E-state index contributed by atoms with van der Waals surface area (Å²) in [4.78, 5) is 12.5. The van der Waals surface area contributed by atoms with Gasteiger partial charge in [0.2, 0.25) is 5.91 Å². The van der Waals surface area contributed by atoms with E-state index in [-0.39, 0.29) is 17.4 Å². The van der Waals surface area contributed by atoms with Crippen LogP contribution in [0.1, 0.15) is 50.5 Å². The van der Waals surface area contributed by atoms with E-state index < -0.39 is 0 Å². The van der Waals surface area contributed by atoms with Crippen molar-refractivity contribution in [1.29, 1.82) is 0 Å². The maximum absolute atomic E-state index is 12.5. The van der Waals surface area contributed by atoms with E-state index in [0.29, 0.717) is 6.04 Å². The second kappa shape index (κ2) is 5.69. The first-order valence-electron chi connectivity index (χ1n) is 8.86. The van der Waals surface area contributed by atoms with Crippen molar-refractivity contribution in [3.63, 3.8) is 0 Å². The Morgan fingerprint density at radius 2 is 1.95 bits per heavy atom. The van der Waals surface area contributed by atoms with Crippen LogP contribution in [0.3, 0.4) is 0 Å². The Bertz CT molecular complexity index is 524. The van der Waals surface area contributed by atoms with Crippen molar-refractivity contribution in [2.45, 2.75) is 62.4 Å². The molecule has 0 aromatic heterocycles. The van der Waals surface area contributed by atoms with Gasteiger partial charge in [-0.1, -0.05) is 43.2 Å². The van der Waals surface area contributed by atoms with Gasteiger partial charge in [0.15, 0.2) is 0 Å². The molecule has 1 aromatic rings. The molecule has 0 bridgehead atoms. The molecule has 3 nitrogen and oxygen atoms in total. The van der Waals surface area contributed by atoms with Crippen LogP contribution in [0.15, 0.2) is 30.3 Å². The molecule has 2 N–H and O–H groups in total. The summed E-state index contributed by atoms with van der Waals surface area (Å²) in [5.74, 6) is 0.949. The van der Waals surface area contributed by atoms with E-state index in [2.05, 4.69) is 41.0 Å². The summed E-state index contributed by atoms with van der Waals surface area (Å²) in [6, 6.07) is 11.3. The number of fused-ring (bicyclic) bond motifs is 1. The summed E-state index contributed by atoms with van der Waals surface area (Å²) < 4.78 is 0. The lowest BCUT2D eigenvalue weighted by molar-refractivity contribution is -0.123. The van der Waals surface area contributed by atoms with Gasteiger partial charge in [-0.3, -0.25) is 4.79 Å². The standard InChI is InChI=1S/C19H26N2O/c22-18(17-12-14-6-4-5-9-16(14)21-17)20-13-19(10-11-19)15-7-2-1-3-8-15/h1-3,7-8,14,16-17,21H,4-6,9-13H2,(H,20,22). The van der Waals surface area contributed by atoms with Gasteiger partial charge in [0.1, 0.15) is 0 Å². The second-order valence-electron chi connectivity index (χ2n) is 7.47. The Hall–Kier alpha value is -1.35. The van der Waals surface area contributed by atoms with Crippen LogP contribution in [0, 0.1) is 5.92 Å². The lowest BCUT2D eigenvalue weighted by atomic mass is 9.85. The topological polar surface area (TPSA) is 41.1 Å². The minimum absolute atomic E-state index is 0.0414. The SMILES string of the molecule is O=C(NCC1(c2ccccc2)CC1)C1CC2CCCCC2N1. The van der Waals surface area contributed by atoms with Gasteiger partial charge in [0.05, 0.1) is 6.04 Å². The molecule has 3 aliphatic rings. The van der Waals surface area contributed by atoms with Crippen molar-refractivity contribution < 1.29 is 4.79 Å². The Morgan fingerprint density at radius 3 is 2.68 bits per heavy atom. The van der Waals surface area contributed by atoms with E-state index in [9.17, 15) is 4.79 Å². The summed E-state index contributed by atoms with van der Waals surface area (Å²) in [5.41, 5.74) is 1.59. The fourth-order valence-corrected chi connectivity index (χ4v) is 4.41. The summed E-state index contributed by atoms with van der Waals surface area (Å²) in [7, 11) is 0. The summed E-state index contributed by atoms with van der Waals surface area (Å²) in [6.07, 6.45) is 8.64. The Balaban J connectivity index is 1.34. The van der Waals surface area contributed by atoms with Crippen molar-refractivity contribution in [3.05, 3.63) is 35.9 Å². The summed E-state index contributed by atoms with van der Waals surface area (Å²) in [6.45, 7) is 0.795. The molecule has 3 atom stereocenters. The van der Waals surface area contributed by atoms with E-state index in [1.807, 2.05) is 0 Å². The van der Waals surface area contributed by atoms with Crippen LogP contribution < -0.4 is 10.6 Å². The van der Waals surface area contributed by atoms with Crippen LogP contribution in [-0.2, 0) is 10.2 Å². The highest BCUT2D eigenvalue weighted by Gasteiger charge is 2.45. The maximum Gasteiger partial charge on any atom is 0.237 e. The predicted octanol–water partition coefficient (Wildman–Crippen LogP) is 2.76. The van der Waals surface area contributed by atoms with Crippen molar-refractivity contribution in [3.8, 4) is 0 Å². The van der Waals surface area contributed by atoms with E-state index in [0.717, 1.165) is 18.9 Å². The molecule has 118 valence electrons. The molecule has 4 rings (SSSR count). The van der Waals surface area contributed by atoms with Gasteiger partial charge in [-0.05, 0) is 43.6 Å². The molecule has 2 saturated carbocycles. The first-order valence-corrected chi connectivity index (χ1v) is 8.86. The van der Waals surface area contributed by atoms with Crippen LogP contribution in [0.2, 0.25) is 0 Å². The number of hydrogen-bond donors (Lipinski definition) is 2. The minimum Gasteiger partial charge on any atom is -0.354 e. The number of benzene rings is 1. The summed E-state index contributed by atoms with van der Waals surface area (Å²) >= 11 is 0. The lowest BCUT2D eigenvalue weighted by Crippen LogP contribution is -2.45. The predicted molar refractivity (Wildman–Crippen MR) is 87.7 cm³/mol. The van der Waals surface area contributed by atoms with Crippen LogP contribution >= 0.6 is 0 Å². The number of rotatable bonds is 4. The van der Waals surface area contributed by atoms with E-state index >= 15 is 0 Å². The van der Waals surface area contributed by atoms with E-state index in [4.69, 9.17) is 0 Å². The molecule has 1 amide bonds. The molecule has 0 spiro atoms. The highest BCUT2D eigenvalue weighted by molar-refractivity contribution is 5.82. The third kappa shape index (κ3) is 2.67. The third-order valence-corrected chi connectivity index (χ3v) is 6.02. The molecular formula is C19H26N2O. The zero-order valence-electron chi connectivity index (χ0n) is 13.2. The number of nitrogens with one attached hydrogen (secondary N) is 2. The summed E-state index contributed by atoms with van der Waals surface area (Å²) in [5, 5.41) is 6.81. The second-order valence-corrected chi connectivity index (χ2v) is 7.47. The zero-order chi connectivity index (χ0) is 15.0. The van der Waals surface area contributed by atoms with Gasteiger partial charge >= 0.3 is 0 Å². The fraction of sp³-hybridized carbons (Fsp3) is 0.632. The lowest BCUT2D eigenvalue weighted by Gasteiger charge is -2.24. The Kier molecular flexibility index (Phi) is 3.69. The fourth-order valence-electron chi connectivity index (χ4n) is 4.41. The van der Waals surface area contributed by atoms with E-state index in [1.165, 1.54) is 44.1 Å². The van der Waals surface area contributed by atoms with Gasteiger partial charge in [-0.25, -0.2) is 0 Å². The van der Waals surface area contributed by atoms with Crippen LogP contribution in [-0.4, -0.2) is 24.5 Å². The molecule has 1 saturated heterocycles. The highest BCUT2D eigenvalue weighted by Crippen LogP contribution is 2.47. The number of carbonyl (C=O) groups is 1. The minimum atomic E-state index is 0.0414. The van der Waals surface area contributed by atoms with Gasteiger partial charge in [-0.15, -0.1) is 0 Å². The Morgan fingerprint density at radius 1 is 1.18 bits per heavy atom. The van der Waals surface area contributed by atoms with E-state index in [1.54, 1.807) is 0 Å². The Labute approximate surface area is 132 Å². The zero-order valence-corrected chi connectivity index (χ0v) is 13.2. The number of amides is 1. The van der Waals surface area contributed by atoms with Crippen LogP contribution in [0.4, 0.5) is 0 Å². The maximum atomic E-state index is 12.5. The van der Waals surface area contributed by atoms with Crippen LogP contribution in [0.25, 0.3) is 0 Å². The smallest absolute Gasteiger partial charge is 0.237 e. The van der Waals surface area contributed by atoms with Gasteiger partial charge < -0.3 is 10.6 Å². The quantitative estimate of drug-likeness (QED) is 0.897. The molecule has 22 heavy (non-hydrogen) atoms. The first kappa shape index (κ1) is 14.3. The van der Waals surface area contributed by atoms with Crippen molar-refractivity contribution >= 4 is 5.91 Å². The first-order chi connectivity index (χ1) is 10.8. The molecule has 3 unspecified atom stereocenters. The molecule has 1 aromatic carbocycles. The van der Waals surface area contributed by atoms with Crippen LogP contribution in [0.5, 0.6) is 0 Å². The largest absolute Gasteiger partial charge is 0.354 e. The van der Waals surface area contributed by atoms with Gasteiger partial charge in [0, 0.05) is 18.0 Å². The monoisotopic (exact) mass is 298 g/mol. The molecule has 0 radical (unpaired) electrons. The highest BCUT2D eigenvalue weighted by atomic mass is 16.2. The normalized spacial score (nSPS) is 32.3. The molecule has 1 aliphatic heterocycles. The molecule has 3 heteroatoms. The van der Waals surface area contributed by atoms with Crippen molar-refractivity contribution in [2.75, 3.05) is 6.54 Å². The third-order valence-electron chi connectivity index (χ3n) is 6.02. The average molecular weight is 298 g/mol. The molecule has 2 aliphatic carbocycles. The molecule has 3 fully saturated rings.